The van der Waals surface area contributed by atoms with Gasteiger partial charge in [0.25, 0.3) is 0 Å². The number of carbonyl (C=O) groups is 2. The van der Waals surface area contributed by atoms with E-state index in [0.717, 1.165) is 45.3 Å². The fourth-order valence-corrected chi connectivity index (χ4v) is 3.93. The summed E-state index contributed by atoms with van der Waals surface area (Å²) >= 11 is 0. The number of amides is 3. The molecule has 1 aliphatic carbocycles. The maximum absolute atomic E-state index is 12.4. The van der Waals surface area contributed by atoms with Crippen LogP contribution < -0.4 is 0 Å². The highest BCUT2D eigenvalue weighted by molar-refractivity contribution is 5.78. The number of nitrogens with zero attached hydrogens (tertiary/aromatic N) is 3. The van der Waals surface area contributed by atoms with Crippen LogP contribution in [-0.4, -0.2) is 76.1 Å². The van der Waals surface area contributed by atoms with E-state index in [1.807, 2.05) is 21.6 Å². The van der Waals surface area contributed by atoms with E-state index in [0.29, 0.717) is 19.0 Å². The van der Waals surface area contributed by atoms with E-state index in [1.54, 1.807) is 6.92 Å². The van der Waals surface area contributed by atoms with Gasteiger partial charge in [-0.25, -0.2) is 4.79 Å². The first-order valence-corrected chi connectivity index (χ1v) is 8.98. The zero-order chi connectivity index (χ0) is 16.6. The summed E-state index contributed by atoms with van der Waals surface area (Å²) in [6.07, 6.45) is 4.00. The highest BCUT2D eigenvalue weighted by Gasteiger charge is 2.42. The number of rotatable bonds is 5. The van der Waals surface area contributed by atoms with E-state index in [9.17, 15) is 14.7 Å². The zero-order valence-electron chi connectivity index (χ0n) is 14.3. The van der Waals surface area contributed by atoms with E-state index >= 15 is 0 Å². The van der Waals surface area contributed by atoms with Gasteiger partial charge in [0, 0.05) is 38.8 Å². The van der Waals surface area contributed by atoms with E-state index in [2.05, 4.69) is 0 Å². The highest BCUT2D eigenvalue weighted by atomic mass is 16.3. The molecule has 6 heteroatoms. The third-order valence-electron chi connectivity index (χ3n) is 5.73. The molecule has 0 aromatic heterocycles. The number of urea groups is 1. The van der Waals surface area contributed by atoms with Crippen LogP contribution in [0, 0.1) is 5.92 Å². The van der Waals surface area contributed by atoms with Gasteiger partial charge >= 0.3 is 6.03 Å². The smallest absolute Gasteiger partial charge is 0.320 e. The van der Waals surface area contributed by atoms with Crippen molar-refractivity contribution in [3.05, 3.63) is 0 Å². The maximum atomic E-state index is 12.4. The third kappa shape index (κ3) is 3.47. The molecule has 1 N–H and O–H groups in total. The van der Waals surface area contributed by atoms with E-state index < -0.39 is 5.60 Å². The second-order valence-electron chi connectivity index (χ2n) is 7.48. The Morgan fingerprint density at radius 1 is 1.17 bits per heavy atom. The number of piperidine rings is 1. The molecule has 3 aliphatic rings. The van der Waals surface area contributed by atoms with Crippen molar-refractivity contribution in [1.82, 2.24) is 14.7 Å². The summed E-state index contributed by atoms with van der Waals surface area (Å²) in [5.74, 6) is 0.356. The monoisotopic (exact) mass is 323 g/mol. The highest BCUT2D eigenvalue weighted by Crippen LogP contribution is 2.41. The van der Waals surface area contributed by atoms with Gasteiger partial charge < -0.3 is 19.8 Å². The summed E-state index contributed by atoms with van der Waals surface area (Å²) in [6.45, 7) is 7.58. The lowest BCUT2D eigenvalue weighted by atomic mass is 9.94. The molecule has 6 nitrogen and oxygen atoms in total. The molecule has 3 amide bonds. The molecule has 3 fully saturated rings. The molecule has 0 aromatic carbocycles. The van der Waals surface area contributed by atoms with E-state index in [4.69, 9.17) is 0 Å². The van der Waals surface area contributed by atoms with Crippen molar-refractivity contribution in [3.63, 3.8) is 0 Å². The number of aliphatic hydroxyl groups is 1. The molecule has 2 aliphatic heterocycles. The lowest BCUT2D eigenvalue weighted by Gasteiger charge is -2.37. The topological polar surface area (TPSA) is 64.1 Å². The molecule has 130 valence electrons. The summed E-state index contributed by atoms with van der Waals surface area (Å²) in [4.78, 5) is 30.4. The predicted octanol–water partition coefficient (Wildman–Crippen LogP) is 1.29. The number of likely N-dealkylation sites (tertiary alicyclic amines) is 1. The molecule has 0 radical (unpaired) electrons. The Morgan fingerprint density at radius 2 is 1.83 bits per heavy atom. The van der Waals surface area contributed by atoms with Crippen LogP contribution in [0.1, 0.15) is 46.0 Å². The summed E-state index contributed by atoms with van der Waals surface area (Å²) in [5.41, 5.74) is -0.847. The van der Waals surface area contributed by atoms with Crippen LogP contribution in [0.3, 0.4) is 0 Å². The molecule has 1 atom stereocenters. The summed E-state index contributed by atoms with van der Waals surface area (Å²) in [6, 6.07) is 0.404. The van der Waals surface area contributed by atoms with Crippen molar-refractivity contribution in [1.29, 1.82) is 0 Å². The minimum atomic E-state index is -0.847. The second-order valence-corrected chi connectivity index (χ2v) is 7.48. The van der Waals surface area contributed by atoms with Crippen molar-refractivity contribution >= 4 is 11.9 Å². The Balaban J connectivity index is 1.48. The zero-order valence-corrected chi connectivity index (χ0v) is 14.3. The molecule has 1 saturated carbocycles. The van der Waals surface area contributed by atoms with Crippen molar-refractivity contribution < 1.29 is 14.7 Å². The van der Waals surface area contributed by atoms with Gasteiger partial charge in [0.15, 0.2) is 0 Å². The minimum absolute atomic E-state index is 0.0586. The van der Waals surface area contributed by atoms with Crippen molar-refractivity contribution in [2.24, 2.45) is 5.92 Å². The van der Waals surface area contributed by atoms with Crippen molar-refractivity contribution in [2.75, 3.05) is 32.7 Å². The van der Waals surface area contributed by atoms with Crippen molar-refractivity contribution in [3.8, 4) is 0 Å². The van der Waals surface area contributed by atoms with Crippen LogP contribution >= 0.6 is 0 Å². The molecule has 0 spiro atoms. The van der Waals surface area contributed by atoms with Gasteiger partial charge in [-0.1, -0.05) is 0 Å². The van der Waals surface area contributed by atoms with Crippen LogP contribution in [0.5, 0.6) is 0 Å². The molecular formula is C17H29N3O3. The Kier molecular flexibility index (Phi) is 4.54. The first-order valence-electron chi connectivity index (χ1n) is 8.98. The van der Waals surface area contributed by atoms with Gasteiger partial charge in [-0.3, -0.25) is 4.79 Å². The van der Waals surface area contributed by atoms with Crippen molar-refractivity contribution in [2.45, 2.75) is 57.6 Å². The number of hydrogen-bond acceptors (Lipinski definition) is 3. The summed E-state index contributed by atoms with van der Waals surface area (Å²) in [7, 11) is 0. The van der Waals surface area contributed by atoms with Gasteiger partial charge in [0.05, 0.1) is 12.0 Å². The average Bonchev–Trinajstić information content (AvgIpc) is 3.32. The Bertz CT molecular complexity index is 468. The van der Waals surface area contributed by atoms with Gasteiger partial charge in [-0.05, 0) is 45.4 Å². The van der Waals surface area contributed by atoms with Gasteiger partial charge in [0.2, 0.25) is 5.91 Å². The number of likely N-dealkylation sites (N-methyl/N-ethyl adjacent to an activating group) is 1. The van der Waals surface area contributed by atoms with Gasteiger partial charge in [-0.2, -0.15) is 0 Å². The molecule has 23 heavy (non-hydrogen) atoms. The molecular weight excluding hydrogens is 294 g/mol. The first-order chi connectivity index (χ1) is 10.9. The quantitative estimate of drug-likeness (QED) is 0.829. The fourth-order valence-electron chi connectivity index (χ4n) is 3.93. The first kappa shape index (κ1) is 16.6. The Hall–Kier alpha value is -1.30. The van der Waals surface area contributed by atoms with Gasteiger partial charge in [-0.15, -0.1) is 0 Å². The molecule has 3 rings (SSSR count). The average molecular weight is 323 g/mol. The molecule has 0 aromatic rings. The predicted molar refractivity (Wildman–Crippen MR) is 86.9 cm³/mol. The van der Waals surface area contributed by atoms with Crippen LogP contribution in [-0.2, 0) is 4.79 Å². The van der Waals surface area contributed by atoms with Gasteiger partial charge in [0.1, 0.15) is 0 Å². The standard InChI is InChI=1S/C17H29N3O3/c1-3-18-10-11-20(16(18)22)14-6-8-19(9-7-14)15(21)12-17(2,23)13-4-5-13/h13-14,23H,3-12H2,1-2H3. The lowest BCUT2D eigenvalue weighted by Crippen LogP contribution is -2.49. The Labute approximate surface area is 138 Å². The summed E-state index contributed by atoms with van der Waals surface area (Å²) < 4.78 is 0. The minimum Gasteiger partial charge on any atom is -0.389 e. The number of hydrogen-bond donors (Lipinski definition) is 1. The molecule has 0 bridgehead atoms. The molecule has 2 heterocycles. The SMILES string of the molecule is CCN1CCN(C2CCN(C(=O)CC(C)(O)C3CC3)CC2)C1=O. The molecule has 2 saturated heterocycles. The third-order valence-corrected chi connectivity index (χ3v) is 5.73. The largest absolute Gasteiger partial charge is 0.389 e. The lowest BCUT2D eigenvalue weighted by molar-refractivity contribution is -0.138. The summed E-state index contributed by atoms with van der Waals surface area (Å²) in [5, 5.41) is 10.4. The maximum Gasteiger partial charge on any atom is 0.320 e. The fraction of sp³-hybridized carbons (Fsp3) is 0.882. The van der Waals surface area contributed by atoms with Crippen LogP contribution in [0.15, 0.2) is 0 Å². The second kappa shape index (κ2) is 6.30. The Morgan fingerprint density at radius 3 is 2.35 bits per heavy atom. The number of carbonyl (C=O) groups excluding carboxylic acids is 2. The van der Waals surface area contributed by atoms with E-state index in [-0.39, 0.29) is 24.4 Å². The van der Waals surface area contributed by atoms with Crippen LogP contribution in [0.2, 0.25) is 0 Å². The van der Waals surface area contributed by atoms with Crippen LogP contribution in [0.4, 0.5) is 4.79 Å². The normalized spacial score (nSPS) is 25.9. The van der Waals surface area contributed by atoms with E-state index in [1.165, 1.54) is 0 Å². The molecule has 1 unspecified atom stereocenters. The van der Waals surface area contributed by atoms with Crippen LogP contribution in [0.25, 0.3) is 0 Å².